The lowest BCUT2D eigenvalue weighted by atomic mass is 10.0. The van der Waals surface area contributed by atoms with Gasteiger partial charge in [-0.3, -0.25) is 0 Å². The van der Waals surface area contributed by atoms with Crippen LogP contribution in [-0.4, -0.2) is 33.0 Å². The first-order chi connectivity index (χ1) is 9.47. The minimum Gasteiger partial charge on any atom is -0.493 e. The fraction of sp³-hybridized carbons (Fsp3) is 0.462. The molecule has 21 heavy (non-hydrogen) atoms. The lowest BCUT2D eigenvalue weighted by Crippen LogP contribution is -2.31. The molecule has 1 aromatic rings. The topological polar surface area (TPSA) is 70.8 Å². The molecule has 0 saturated heterocycles. The van der Waals surface area contributed by atoms with E-state index < -0.39 is 18.2 Å². The Morgan fingerprint density at radius 1 is 1.38 bits per heavy atom. The maximum atomic E-state index is 13.9. The fourth-order valence-corrected chi connectivity index (χ4v) is 2.05. The normalized spacial score (nSPS) is 12.9. The number of hydrogen-bond acceptors (Lipinski definition) is 5. The monoisotopic (exact) mass is 341 g/mol. The molecule has 8 heteroatoms. The maximum absolute atomic E-state index is 13.9. The van der Waals surface area contributed by atoms with Gasteiger partial charge in [-0.25, -0.2) is 9.18 Å². The Balaban J connectivity index is 0.00000400. The first-order valence-electron chi connectivity index (χ1n) is 5.94. The van der Waals surface area contributed by atoms with Crippen LogP contribution in [0.2, 0.25) is 5.02 Å². The molecule has 0 bridgehead atoms. The number of rotatable bonds is 6. The van der Waals surface area contributed by atoms with Gasteiger partial charge >= 0.3 is 5.97 Å². The molecule has 1 aromatic carbocycles. The molecule has 0 aliphatic rings. The number of esters is 1. The van der Waals surface area contributed by atoms with Crippen molar-refractivity contribution in [2.24, 2.45) is 5.73 Å². The highest BCUT2D eigenvalue weighted by Gasteiger charge is 2.30. The summed E-state index contributed by atoms with van der Waals surface area (Å²) in [5.41, 5.74) is 5.97. The summed E-state index contributed by atoms with van der Waals surface area (Å²) in [4.78, 5) is 11.4. The van der Waals surface area contributed by atoms with E-state index in [1.165, 1.54) is 26.4 Å². The summed E-state index contributed by atoms with van der Waals surface area (Å²) in [5.74, 6) is -0.399. The van der Waals surface area contributed by atoms with Crippen LogP contribution in [0.1, 0.15) is 18.5 Å². The minimum absolute atomic E-state index is 0. The van der Waals surface area contributed by atoms with Crippen molar-refractivity contribution in [1.29, 1.82) is 0 Å². The van der Waals surface area contributed by atoms with Crippen LogP contribution in [0.15, 0.2) is 12.1 Å². The third-order valence-corrected chi connectivity index (χ3v) is 3.09. The number of hydrogen-bond donors (Lipinski definition) is 1. The Morgan fingerprint density at radius 2 is 2.00 bits per heavy atom. The summed E-state index contributed by atoms with van der Waals surface area (Å²) < 4.78 is 28.7. The zero-order valence-corrected chi connectivity index (χ0v) is 13.5. The van der Waals surface area contributed by atoms with Crippen LogP contribution in [0.4, 0.5) is 4.39 Å². The van der Waals surface area contributed by atoms with Crippen molar-refractivity contribution in [2.75, 3.05) is 20.8 Å². The molecule has 1 unspecified atom stereocenters. The van der Waals surface area contributed by atoms with Crippen molar-refractivity contribution < 1.29 is 23.4 Å². The average Bonchev–Trinajstić information content (AvgIpc) is 2.45. The summed E-state index contributed by atoms with van der Waals surface area (Å²) in [5, 5.41) is 0.103. The van der Waals surface area contributed by atoms with Crippen LogP contribution in [-0.2, 0) is 9.53 Å². The molecule has 0 radical (unpaired) electrons. The second-order valence-corrected chi connectivity index (χ2v) is 4.26. The lowest BCUT2D eigenvalue weighted by molar-refractivity contribution is -0.149. The summed E-state index contributed by atoms with van der Waals surface area (Å²) in [6, 6.07) is 1.78. The number of carbonyl (C=O) groups excluding carboxylic acids is 1. The van der Waals surface area contributed by atoms with Crippen LogP contribution < -0.4 is 15.2 Å². The predicted octanol–water partition coefficient (Wildman–Crippen LogP) is 2.68. The van der Waals surface area contributed by atoms with E-state index in [1.807, 2.05) is 0 Å². The van der Waals surface area contributed by atoms with Crippen LogP contribution in [0.5, 0.6) is 11.5 Å². The van der Waals surface area contributed by atoms with Crippen LogP contribution in [0.3, 0.4) is 0 Å². The molecular weight excluding hydrogens is 324 g/mol. The van der Waals surface area contributed by atoms with Crippen molar-refractivity contribution in [3.8, 4) is 11.5 Å². The number of methoxy groups -OCH3 is 2. The number of benzene rings is 1. The highest BCUT2D eigenvalue weighted by atomic mass is 35.5. The molecule has 5 nitrogen and oxygen atoms in total. The molecular formula is C13H18Cl2FNO4. The van der Waals surface area contributed by atoms with E-state index in [1.54, 1.807) is 6.92 Å². The van der Waals surface area contributed by atoms with E-state index in [0.29, 0.717) is 5.75 Å². The largest absolute Gasteiger partial charge is 0.493 e. The van der Waals surface area contributed by atoms with Gasteiger partial charge in [-0.1, -0.05) is 17.7 Å². The highest BCUT2D eigenvalue weighted by Crippen LogP contribution is 2.40. The zero-order chi connectivity index (χ0) is 15.3. The molecule has 1 rings (SSSR count). The molecule has 2 atom stereocenters. The molecule has 2 N–H and O–H groups in total. The number of halogens is 3. The molecule has 0 aliphatic carbocycles. The second-order valence-electron chi connectivity index (χ2n) is 3.88. The minimum atomic E-state index is -2.01. The standard InChI is InChI=1S/C13H17ClFNO4.ClH/c1-4-20-13(17)10(15)11(16)7-5-6-8(18-2)12(19-3)9(7)14;/h5-6,10-11H,4,16H2,1-3H3;1H/t10?,11-;/m1./s1. The zero-order valence-electron chi connectivity index (χ0n) is 11.9. The first kappa shape index (κ1) is 19.8. The summed E-state index contributed by atoms with van der Waals surface area (Å²) >= 11 is 6.11. The van der Waals surface area contributed by atoms with Crippen LogP contribution >= 0.6 is 24.0 Å². The Morgan fingerprint density at radius 3 is 2.48 bits per heavy atom. The predicted molar refractivity (Wildman–Crippen MR) is 80.3 cm³/mol. The quantitative estimate of drug-likeness (QED) is 0.805. The van der Waals surface area contributed by atoms with Gasteiger partial charge in [-0.05, 0) is 18.6 Å². The smallest absolute Gasteiger partial charge is 0.342 e. The third kappa shape index (κ3) is 4.36. The highest BCUT2D eigenvalue weighted by molar-refractivity contribution is 6.33. The van der Waals surface area contributed by atoms with E-state index in [-0.39, 0.29) is 35.3 Å². The summed E-state index contributed by atoms with van der Waals surface area (Å²) in [7, 11) is 2.85. The molecule has 0 fully saturated rings. The van der Waals surface area contributed by atoms with Gasteiger partial charge in [0, 0.05) is 0 Å². The van der Waals surface area contributed by atoms with Gasteiger partial charge < -0.3 is 19.9 Å². The molecule has 0 aromatic heterocycles. The maximum Gasteiger partial charge on any atom is 0.342 e. The first-order valence-corrected chi connectivity index (χ1v) is 6.32. The van der Waals surface area contributed by atoms with E-state index in [0.717, 1.165) is 0 Å². The number of alkyl halides is 1. The Kier molecular flexibility index (Phi) is 8.39. The Bertz CT molecular complexity index is 487. The van der Waals surface area contributed by atoms with Gasteiger partial charge in [-0.2, -0.15) is 0 Å². The molecule has 0 heterocycles. The van der Waals surface area contributed by atoms with Gasteiger partial charge in [0.2, 0.25) is 6.17 Å². The van der Waals surface area contributed by atoms with Gasteiger partial charge in [0.05, 0.1) is 31.9 Å². The van der Waals surface area contributed by atoms with Crippen LogP contribution in [0, 0.1) is 0 Å². The van der Waals surface area contributed by atoms with Crippen molar-refractivity contribution in [2.45, 2.75) is 19.1 Å². The summed E-state index contributed by atoms with van der Waals surface area (Å²) in [6.45, 7) is 1.66. The number of ether oxygens (including phenoxy) is 3. The van der Waals surface area contributed by atoms with Gasteiger partial charge in [-0.15, -0.1) is 12.4 Å². The fourth-order valence-electron chi connectivity index (χ4n) is 1.69. The average molecular weight is 342 g/mol. The van der Waals surface area contributed by atoms with E-state index in [9.17, 15) is 9.18 Å². The second kappa shape index (κ2) is 8.92. The molecule has 120 valence electrons. The Hall–Kier alpha value is -1.24. The number of nitrogens with two attached hydrogens (primary N) is 1. The SMILES string of the molecule is CCOC(=O)C(F)[C@H](N)c1ccc(OC)c(OC)c1Cl.Cl. The van der Waals surface area contributed by atoms with Crippen molar-refractivity contribution in [3.63, 3.8) is 0 Å². The molecule has 0 amide bonds. The molecule has 0 aliphatic heterocycles. The van der Waals surface area contributed by atoms with Crippen LogP contribution in [0.25, 0.3) is 0 Å². The Labute approximate surface area is 133 Å². The summed E-state index contributed by atoms with van der Waals surface area (Å²) in [6.07, 6.45) is -2.01. The lowest BCUT2D eigenvalue weighted by Gasteiger charge is -2.19. The molecule has 0 saturated carbocycles. The molecule has 0 spiro atoms. The van der Waals surface area contributed by atoms with E-state index in [2.05, 4.69) is 4.74 Å². The van der Waals surface area contributed by atoms with Gasteiger partial charge in [0.1, 0.15) is 0 Å². The van der Waals surface area contributed by atoms with E-state index in [4.69, 9.17) is 26.8 Å². The number of carbonyl (C=O) groups is 1. The van der Waals surface area contributed by atoms with Crippen molar-refractivity contribution in [1.82, 2.24) is 0 Å². The van der Waals surface area contributed by atoms with Gasteiger partial charge in [0.15, 0.2) is 11.5 Å². The third-order valence-electron chi connectivity index (χ3n) is 2.70. The van der Waals surface area contributed by atoms with Gasteiger partial charge in [0.25, 0.3) is 0 Å². The van der Waals surface area contributed by atoms with Crippen molar-refractivity contribution in [3.05, 3.63) is 22.7 Å². The van der Waals surface area contributed by atoms with Crippen molar-refractivity contribution >= 4 is 30.0 Å². The van der Waals surface area contributed by atoms with E-state index >= 15 is 0 Å².